The van der Waals surface area contributed by atoms with E-state index in [0.29, 0.717) is 23.6 Å². The van der Waals surface area contributed by atoms with Crippen molar-refractivity contribution in [3.8, 4) is 17.0 Å². The van der Waals surface area contributed by atoms with E-state index in [-0.39, 0.29) is 23.8 Å². The highest BCUT2D eigenvalue weighted by molar-refractivity contribution is 5.97. The Kier molecular flexibility index (Phi) is 6.19. The number of hydrogen-bond donors (Lipinski definition) is 1. The molecule has 0 bridgehead atoms. The lowest BCUT2D eigenvalue weighted by Gasteiger charge is -2.09. The van der Waals surface area contributed by atoms with Crippen molar-refractivity contribution in [2.45, 2.75) is 20.4 Å². The molecule has 3 rings (SSSR count). The largest absolute Gasteiger partial charge is 0.494 e. The highest BCUT2D eigenvalue weighted by atomic mass is 16.5. The van der Waals surface area contributed by atoms with Gasteiger partial charge in [0.05, 0.1) is 18.6 Å². The number of rotatable bonds is 7. The predicted molar refractivity (Wildman–Crippen MR) is 110 cm³/mol. The average molecular weight is 391 g/mol. The summed E-state index contributed by atoms with van der Waals surface area (Å²) < 4.78 is 6.63. The SMILES string of the molecule is CCOc1ccc(-c2cc(=O)n(CC(=O)Nc3cccc(C(C)=O)c3)cn2)cc1. The van der Waals surface area contributed by atoms with Gasteiger partial charge in [0, 0.05) is 22.9 Å². The second kappa shape index (κ2) is 8.97. The van der Waals surface area contributed by atoms with E-state index in [1.54, 1.807) is 24.3 Å². The van der Waals surface area contributed by atoms with Gasteiger partial charge in [-0.15, -0.1) is 0 Å². The summed E-state index contributed by atoms with van der Waals surface area (Å²) in [4.78, 5) is 40.4. The number of carbonyl (C=O) groups is 2. The number of benzene rings is 2. The van der Waals surface area contributed by atoms with Crippen molar-refractivity contribution < 1.29 is 14.3 Å². The molecular weight excluding hydrogens is 370 g/mol. The molecule has 3 aromatic rings. The molecule has 0 fully saturated rings. The Morgan fingerprint density at radius 3 is 2.52 bits per heavy atom. The molecule has 2 aromatic carbocycles. The normalized spacial score (nSPS) is 10.4. The summed E-state index contributed by atoms with van der Waals surface area (Å²) in [6.45, 7) is 3.76. The van der Waals surface area contributed by atoms with Crippen LogP contribution in [0.25, 0.3) is 11.3 Å². The number of hydrogen-bond acceptors (Lipinski definition) is 5. The van der Waals surface area contributed by atoms with E-state index in [0.717, 1.165) is 11.3 Å². The maximum Gasteiger partial charge on any atom is 0.254 e. The molecule has 0 aliphatic heterocycles. The first-order chi connectivity index (χ1) is 14.0. The monoisotopic (exact) mass is 391 g/mol. The average Bonchev–Trinajstić information content (AvgIpc) is 2.70. The molecule has 1 N–H and O–H groups in total. The lowest BCUT2D eigenvalue weighted by molar-refractivity contribution is -0.116. The fourth-order valence-electron chi connectivity index (χ4n) is 2.76. The minimum atomic E-state index is -0.386. The summed E-state index contributed by atoms with van der Waals surface area (Å²) in [5, 5.41) is 2.68. The quantitative estimate of drug-likeness (QED) is 0.625. The van der Waals surface area contributed by atoms with Gasteiger partial charge < -0.3 is 10.1 Å². The highest BCUT2D eigenvalue weighted by Gasteiger charge is 2.09. The number of ketones is 1. The third-order valence-electron chi connectivity index (χ3n) is 4.21. The second-order valence-electron chi connectivity index (χ2n) is 6.38. The molecule has 0 aliphatic rings. The van der Waals surface area contributed by atoms with Gasteiger partial charge in [-0.1, -0.05) is 12.1 Å². The Hall–Kier alpha value is -3.74. The molecule has 7 nitrogen and oxygen atoms in total. The van der Waals surface area contributed by atoms with Gasteiger partial charge in [0.15, 0.2) is 5.78 Å². The Bertz CT molecular complexity index is 1090. The zero-order valence-electron chi connectivity index (χ0n) is 16.2. The van der Waals surface area contributed by atoms with Crippen molar-refractivity contribution in [2.75, 3.05) is 11.9 Å². The Balaban J connectivity index is 1.70. The van der Waals surface area contributed by atoms with Crippen molar-refractivity contribution in [1.29, 1.82) is 0 Å². The molecule has 0 radical (unpaired) electrons. The molecule has 0 aliphatic carbocycles. The molecule has 1 amide bonds. The summed E-state index contributed by atoms with van der Waals surface area (Å²) >= 11 is 0. The minimum Gasteiger partial charge on any atom is -0.494 e. The molecule has 7 heteroatoms. The number of aromatic nitrogens is 2. The van der Waals surface area contributed by atoms with Crippen molar-refractivity contribution in [1.82, 2.24) is 9.55 Å². The smallest absolute Gasteiger partial charge is 0.254 e. The molecule has 0 saturated carbocycles. The van der Waals surface area contributed by atoms with Crippen LogP contribution in [0, 0.1) is 0 Å². The summed E-state index contributed by atoms with van der Waals surface area (Å²) in [5.41, 5.74) is 1.96. The van der Waals surface area contributed by atoms with Crippen LogP contribution in [0.3, 0.4) is 0 Å². The predicted octanol–water partition coefficient (Wildman–Crippen LogP) is 3.15. The van der Waals surface area contributed by atoms with Gasteiger partial charge in [0.2, 0.25) is 5.91 Å². The maximum absolute atomic E-state index is 12.4. The third-order valence-corrected chi connectivity index (χ3v) is 4.21. The van der Waals surface area contributed by atoms with E-state index in [1.165, 1.54) is 23.9 Å². The van der Waals surface area contributed by atoms with Gasteiger partial charge in [-0.05, 0) is 50.2 Å². The Morgan fingerprint density at radius 1 is 1.10 bits per heavy atom. The van der Waals surface area contributed by atoms with E-state index in [1.807, 2.05) is 31.2 Å². The number of nitrogens with zero attached hydrogens (tertiary/aromatic N) is 2. The molecule has 0 unspecified atom stereocenters. The van der Waals surface area contributed by atoms with Crippen LogP contribution in [0.2, 0.25) is 0 Å². The summed E-state index contributed by atoms with van der Waals surface area (Å²) in [6.07, 6.45) is 1.35. The van der Waals surface area contributed by atoms with Crippen molar-refractivity contribution in [3.05, 3.63) is 76.8 Å². The van der Waals surface area contributed by atoms with Crippen molar-refractivity contribution in [2.24, 2.45) is 0 Å². The van der Waals surface area contributed by atoms with Crippen LogP contribution >= 0.6 is 0 Å². The molecule has 0 atom stereocenters. The number of carbonyl (C=O) groups excluding carboxylic acids is 2. The highest BCUT2D eigenvalue weighted by Crippen LogP contribution is 2.19. The first-order valence-corrected chi connectivity index (χ1v) is 9.17. The summed E-state index contributed by atoms with van der Waals surface area (Å²) in [6, 6.07) is 15.3. The van der Waals surface area contributed by atoms with Crippen LogP contribution in [0.1, 0.15) is 24.2 Å². The van der Waals surface area contributed by atoms with E-state index >= 15 is 0 Å². The van der Waals surface area contributed by atoms with Gasteiger partial charge in [0.1, 0.15) is 12.3 Å². The molecule has 1 heterocycles. The number of nitrogens with one attached hydrogen (secondary N) is 1. The molecular formula is C22H21N3O4. The number of amides is 1. The third kappa shape index (κ3) is 5.16. The first-order valence-electron chi connectivity index (χ1n) is 9.17. The van der Waals surface area contributed by atoms with E-state index in [9.17, 15) is 14.4 Å². The summed E-state index contributed by atoms with van der Waals surface area (Å²) in [7, 11) is 0. The number of anilines is 1. The second-order valence-corrected chi connectivity index (χ2v) is 6.38. The van der Waals surface area contributed by atoms with Crippen LogP contribution < -0.4 is 15.6 Å². The van der Waals surface area contributed by atoms with Crippen LogP contribution in [0.5, 0.6) is 5.75 Å². The standard InChI is InChI=1S/C22H21N3O4/c1-3-29-19-9-7-16(8-10-19)20-12-22(28)25(14-23-20)13-21(27)24-18-6-4-5-17(11-18)15(2)26/h4-12,14H,3,13H2,1-2H3,(H,24,27). The van der Waals surface area contributed by atoms with E-state index < -0.39 is 0 Å². The van der Waals surface area contributed by atoms with E-state index in [4.69, 9.17) is 4.74 Å². The topological polar surface area (TPSA) is 90.3 Å². The van der Waals surface area contributed by atoms with Gasteiger partial charge in [0.25, 0.3) is 5.56 Å². The zero-order valence-corrected chi connectivity index (χ0v) is 16.2. The molecule has 0 saturated heterocycles. The number of Topliss-reactive ketones (excluding diaryl/α,β-unsaturated/α-hetero) is 1. The van der Waals surface area contributed by atoms with Crippen molar-refractivity contribution in [3.63, 3.8) is 0 Å². The maximum atomic E-state index is 12.4. The Labute approximate surface area is 168 Å². The van der Waals surface area contributed by atoms with Crippen LogP contribution in [0.4, 0.5) is 5.69 Å². The summed E-state index contributed by atoms with van der Waals surface area (Å²) in [5.74, 6) is 0.268. The fourth-order valence-corrected chi connectivity index (χ4v) is 2.76. The molecule has 0 spiro atoms. The number of ether oxygens (including phenoxy) is 1. The van der Waals surface area contributed by atoms with Gasteiger partial charge in [-0.25, -0.2) is 4.98 Å². The van der Waals surface area contributed by atoms with Gasteiger partial charge in [-0.3, -0.25) is 19.0 Å². The lowest BCUT2D eigenvalue weighted by Crippen LogP contribution is -2.27. The molecule has 29 heavy (non-hydrogen) atoms. The molecule has 1 aromatic heterocycles. The zero-order chi connectivity index (χ0) is 20.8. The van der Waals surface area contributed by atoms with Crippen LogP contribution in [-0.2, 0) is 11.3 Å². The van der Waals surface area contributed by atoms with Gasteiger partial charge in [-0.2, -0.15) is 0 Å². The van der Waals surface area contributed by atoms with E-state index in [2.05, 4.69) is 10.3 Å². The first kappa shape index (κ1) is 20.0. The van der Waals surface area contributed by atoms with Crippen LogP contribution in [0.15, 0.2) is 65.7 Å². The fraction of sp³-hybridized carbons (Fsp3) is 0.182. The van der Waals surface area contributed by atoms with Crippen molar-refractivity contribution >= 4 is 17.4 Å². The van der Waals surface area contributed by atoms with Crippen LogP contribution in [-0.4, -0.2) is 27.8 Å². The Morgan fingerprint density at radius 2 is 1.86 bits per heavy atom. The van der Waals surface area contributed by atoms with Gasteiger partial charge >= 0.3 is 0 Å². The lowest BCUT2D eigenvalue weighted by atomic mass is 10.1. The minimum absolute atomic E-state index is 0.0913. The molecule has 148 valence electrons.